The molecule has 0 N–H and O–H groups in total. The Morgan fingerprint density at radius 1 is 1.53 bits per heavy atom. The maximum absolute atomic E-state index is 12.1. The summed E-state index contributed by atoms with van der Waals surface area (Å²) in [4.78, 5) is 23.9. The normalized spacial score (nSPS) is 20.0. The van der Waals surface area contributed by atoms with Gasteiger partial charge in [-0.05, 0) is 20.5 Å². The van der Waals surface area contributed by atoms with Gasteiger partial charge in [-0.2, -0.15) is 0 Å². The van der Waals surface area contributed by atoms with Crippen LogP contribution in [0, 0.1) is 0 Å². The summed E-state index contributed by atoms with van der Waals surface area (Å²) in [6, 6.07) is 0.422. The molecular formula is C11H15ClN4O. The lowest BCUT2D eigenvalue weighted by Crippen LogP contribution is -2.34. The Bertz CT molecular complexity index is 424. The second-order valence-electron chi connectivity index (χ2n) is 4.38. The van der Waals surface area contributed by atoms with Gasteiger partial charge in [-0.1, -0.05) is 11.6 Å². The zero-order valence-electron chi connectivity index (χ0n) is 9.93. The van der Waals surface area contributed by atoms with Crippen molar-refractivity contribution < 1.29 is 4.79 Å². The molecule has 1 atom stereocenters. The molecule has 1 aliphatic heterocycles. The van der Waals surface area contributed by atoms with Crippen LogP contribution in [0.3, 0.4) is 0 Å². The summed E-state index contributed by atoms with van der Waals surface area (Å²) >= 11 is 5.72. The number of hydrogen-bond donors (Lipinski definition) is 0. The molecule has 2 rings (SSSR count). The Morgan fingerprint density at radius 2 is 2.29 bits per heavy atom. The number of rotatable bonds is 2. The summed E-state index contributed by atoms with van der Waals surface area (Å²) in [5, 5.41) is 0.249. The minimum absolute atomic E-state index is 0.0932. The van der Waals surface area contributed by atoms with Crippen molar-refractivity contribution in [1.29, 1.82) is 0 Å². The zero-order chi connectivity index (χ0) is 12.4. The molecule has 1 amide bonds. The topological polar surface area (TPSA) is 49.3 Å². The quantitative estimate of drug-likeness (QED) is 0.787. The van der Waals surface area contributed by atoms with Gasteiger partial charge in [0.1, 0.15) is 10.8 Å². The van der Waals surface area contributed by atoms with E-state index in [9.17, 15) is 4.79 Å². The van der Waals surface area contributed by atoms with Gasteiger partial charge >= 0.3 is 0 Å². The van der Waals surface area contributed by atoms with E-state index in [1.54, 1.807) is 4.90 Å². The van der Waals surface area contributed by atoms with Crippen molar-refractivity contribution >= 4 is 17.5 Å². The van der Waals surface area contributed by atoms with Gasteiger partial charge in [0.05, 0.1) is 12.4 Å². The van der Waals surface area contributed by atoms with Crippen LogP contribution in [-0.2, 0) is 0 Å². The second kappa shape index (κ2) is 4.98. The van der Waals surface area contributed by atoms with Crippen molar-refractivity contribution in [3.63, 3.8) is 0 Å². The fourth-order valence-corrected chi connectivity index (χ4v) is 2.10. The summed E-state index contributed by atoms with van der Waals surface area (Å²) in [5.74, 6) is -0.0932. The first-order valence-electron chi connectivity index (χ1n) is 5.51. The third-order valence-corrected chi connectivity index (χ3v) is 3.19. The lowest BCUT2D eigenvalue weighted by Gasteiger charge is -2.20. The summed E-state index contributed by atoms with van der Waals surface area (Å²) in [6.07, 6.45) is 3.87. The van der Waals surface area contributed by atoms with Gasteiger partial charge in [0, 0.05) is 19.1 Å². The van der Waals surface area contributed by atoms with Crippen LogP contribution in [0.15, 0.2) is 12.4 Å². The van der Waals surface area contributed by atoms with Crippen LogP contribution in [0.5, 0.6) is 0 Å². The van der Waals surface area contributed by atoms with E-state index >= 15 is 0 Å². The van der Waals surface area contributed by atoms with Crippen molar-refractivity contribution in [2.24, 2.45) is 0 Å². The highest BCUT2D eigenvalue weighted by Crippen LogP contribution is 2.15. The number of likely N-dealkylation sites (N-methyl/N-ethyl adjacent to an activating group) is 1. The molecule has 17 heavy (non-hydrogen) atoms. The number of nitrogens with zero attached hydrogens (tertiary/aromatic N) is 4. The number of aromatic nitrogens is 2. The fraction of sp³-hybridized carbons (Fsp3) is 0.545. The molecule has 92 valence electrons. The third kappa shape index (κ3) is 2.73. The Labute approximate surface area is 105 Å². The summed E-state index contributed by atoms with van der Waals surface area (Å²) in [6.45, 7) is 1.50. The predicted octanol–water partition coefficient (Wildman–Crippen LogP) is 0.906. The molecule has 0 bridgehead atoms. The van der Waals surface area contributed by atoms with E-state index in [-0.39, 0.29) is 11.1 Å². The highest BCUT2D eigenvalue weighted by molar-refractivity contribution is 6.29. The number of halogens is 1. The average Bonchev–Trinajstić information content (AvgIpc) is 2.77. The first-order valence-corrected chi connectivity index (χ1v) is 5.89. The predicted molar refractivity (Wildman–Crippen MR) is 65.0 cm³/mol. The summed E-state index contributed by atoms with van der Waals surface area (Å²) in [7, 11) is 4.05. The molecule has 0 aromatic carbocycles. The van der Waals surface area contributed by atoms with Crippen molar-refractivity contribution in [3.05, 3.63) is 23.2 Å². The van der Waals surface area contributed by atoms with Crippen LogP contribution in [0.25, 0.3) is 0 Å². The SMILES string of the molecule is CN(C)C1CCN(C(=O)c2cncc(Cl)n2)C1. The van der Waals surface area contributed by atoms with E-state index < -0.39 is 0 Å². The summed E-state index contributed by atoms with van der Waals surface area (Å²) in [5.41, 5.74) is 0.317. The minimum atomic E-state index is -0.0932. The van der Waals surface area contributed by atoms with Gasteiger partial charge in [-0.3, -0.25) is 9.78 Å². The highest BCUT2D eigenvalue weighted by atomic mass is 35.5. The molecule has 1 fully saturated rings. The third-order valence-electron chi connectivity index (χ3n) is 3.01. The average molecular weight is 255 g/mol. The molecule has 1 aromatic rings. The zero-order valence-corrected chi connectivity index (χ0v) is 10.7. The molecule has 5 nitrogen and oxygen atoms in total. The van der Waals surface area contributed by atoms with Crippen LogP contribution in [0.1, 0.15) is 16.9 Å². The van der Waals surface area contributed by atoms with Crippen LogP contribution < -0.4 is 0 Å². The molecule has 1 unspecified atom stereocenters. The smallest absolute Gasteiger partial charge is 0.274 e. The molecule has 0 aliphatic carbocycles. The van der Waals surface area contributed by atoms with E-state index in [4.69, 9.17) is 11.6 Å². The molecule has 1 saturated heterocycles. The molecule has 0 saturated carbocycles. The standard InChI is InChI=1S/C11H15ClN4O/c1-15(2)8-3-4-16(7-8)11(17)9-5-13-6-10(12)14-9/h5-6,8H,3-4,7H2,1-2H3. The Morgan fingerprint density at radius 3 is 2.88 bits per heavy atom. The maximum atomic E-state index is 12.1. The van der Waals surface area contributed by atoms with Crippen molar-refractivity contribution in [3.8, 4) is 0 Å². The Kier molecular flexibility index (Phi) is 3.59. The van der Waals surface area contributed by atoms with E-state index in [2.05, 4.69) is 14.9 Å². The first-order chi connectivity index (χ1) is 8.08. The lowest BCUT2D eigenvalue weighted by molar-refractivity contribution is 0.0777. The van der Waals surface area contributed by atoms with Crippen LogP contribution in [0.2, 0.25) is 5.15 Å². The fourth-order valence-electron chi connectivity index (χ4n) is 1.96. The van der Waals surface area contributed by atoms with Crippen LogP contribution >= 0.6 is 11.6 Å². The van der Waals surface area contributed by atoms with Gasteiger partial charge in [-0.25, -0.2) is 4.98 Å². The highest BCUT2D eigenvalue weighted by Gasteiger charge is 2.28. The van der Waals surface area contributed by atoms with Gasteiger partial charge in [0.2, 0.25) is 0 Å². The van der Waals surface area contributed by atoms with Crippen molar-refractivity contribution in [2.75, 3.05) is 27.2 Å². The van der Waals surface area contributed by atoms with E-state index in [0.29, 0.717) is 11.7 Å². The molecule has 1 aliphatic rings. The molecule has 0 radical (unpaired) electrons. The number of hydrogen-bond acceptors (Lipinski definition) is 4. The second-order valence-corrected chi connectivity index (χ2v) is 4.77. The number of carbonyl (C=O) groups is 1. The number of carbonyl (C=O) groups excluding carboxylic acids is 1. The first kappa shape index (κ1) is 12.3. The minimum Gasteiger partial charge on any atom is -0.336 e. The molecule has 1 aromatic heterocycles. The van der Waals surface area contributed by atoms with Gasteiger partial charge in [-0.15, -0.1) is 0 Å². The molecular weight excluding hydrogens is 240 g/mol. The summed E-state index contributed by atoms with van der Waals surface area (Å²) < 4.78 is 0. The van der Waals surface area contributed by atoms with Crippen molar-refractivity contribution in [1.82, 2.24) is 19.8 Å². The molecule has 0 spiro atoms. The molecule has 6 heteroatoms. The maximum Gasteiger partial charge on any atom is 0.274 e. The van der Waals surface area contributed by atoms with E-state index in [0.717, 1.165) is 19.5 Å². The van der Waals surface area contributed by atoms with Crippen LogP contribution in [0.4, 0.5) is 0 Å². The largest absolute Gasteiger partial charge is 0.336 e. The number of likely N-dealkylation sites (tertiary alicyclic amines) is 1. The van der Waals surface area contributed by atoms with E-state index in [1.165, 1.54) is 12.4 Å². The van der Waals surface area contributed by atoms with Crippen LogP contribution in [-0.4, -0.2) is 58.9 Å². The lowest BCUT2D eigenvalue weighted by atomic mass is 10.2. The van der Waals surface area contributed by atoms with E-state index in [1.807, 2.05) is 14.1 Å². The Hall–Kier alpha value is -1.20. The molecule has 2 heterocycles. The number of amides is 1. The monoisotopic (exact) mass is 254 g/mol. The van der Waals surface area contributed by atoms with Crippen molar-refractivity contribution in [2.45, 2.75) is 12.5 Å². The van der Waals surface area contributed by atoms with Gasteiger partial charge < -0.3 is 9.80 Å². The van der Waals surface area contributed by atoms with Gasteiger partial charge in [0.15, 0.2) is 0 Å². The Balaban J connectivity index is 2.07. The van der Waals surface area contributed by atoms with Gasteiger partial charge in [0.25, 0.3) is 5.91 Å².